The lowest BCUT2D eigenvalue weighted by molar-refractivity contribution is 0.101. The van der Waals surface area contributed by atoms with E-state index in [0.717, 1.165) is 6.42 Å². The fourth-order valence-electron chi connectivity index (χ4n) is 4.10. The molecule has 4 rings (SSSR count). The summed E-state index contributed by atoms with van der Waals surface area (Å²) in [6.45, 7) is 3.39. The number of nitrogens with zero attached hydrogens (tertiary/aromatic N) is 2. The molecular formula is C24H28N2O2. The molecule has 2 heterocycles. The van der Waals surface area contributed by atoms with Crippen molar-refractivity contribution in [3.05, 3.63) is 82.7 Å². The minimum Gasteiger partial charge on any atom is -0.376 e. The Morgan fingerprint density at radius 1 is 0.964 bits per heavy atom. The molecule has 2 aromatic rings. The Kier molecular flexibility index (Phi) is 5.25. The second kappa shape index (κ2) is 7.82. The second-order valence-electron chi connectivity index (χ2n) is 7.47. The number of hydrogen-bond acceptors (Lipinski definition) is 4. The lowest BCUT2D eigenvalue weighted by Crippen LogP contribution is -2.27. The van der Waals surface area contributed by atoms with Crippen molar-refractivity contribution in [2.75, 3.05) is 37.6 Å². The minimum atomic E-state index is 0.0764. The first-order valence-electron chi connectivity index (χ1n) is 9.75. The van der Waals surface area contributed by atoms with Crippen LogP contribution in [-0.2, 0) is 16.1 Å². The van der Waals surface area contributed by atoms with Gasteiger partial charge in [-0.25, -0.2) is 0 Å². The van der Waals surface area contributed by atoms with Gasteiger partial charge in [-0.15, -0.1) is 0 Å². The summed E-state index contributed by atoms with van der Waals surface area (Å²) in [6, 6.07) is 16.9. The van der Waals surface area contributed by atoms with Gasteiger partial charge in [0.15, 0.2) is 0 Å². The summed E-state index contributed by atoms with van der Waals surface area (Å²) in [5, 5.41) is 0. The molecule has 0 saturated carbocycles. The standard InChI is InChI=1S/C24H28N2O2/c1-17-19(16-28-15-18-9-5-7-11-22(18)25(17)2)13-20-14-24(27-4)21-10-6-8-12-23(21)26(20)3/h5-13,24H,14-16H2,1-4H3/b19-17?,20-13+. The predicted molar refractivity (Wildman–Crippen MR) is 114 cm³/mol. The Morgan fingerprint density at radius 2 is 1.68 bits per heavy atom. The highest BCUT2D eigenvalue weighted by Crippen LogP contribution is 2.40. The number of hydrogen-bond donors (Lipinski definition) is 0. The molecule has 28 heavy (non-hydrogen) atoms. The molecule has 4 nitrogen and oxygen atoms in total. The van der Waals surface area contributed by atoms with Crippen molar-refractivity contribution in [1.82, 2.24) is 0 Å². The summed E-state index contributed by atoms with van der Waals surface area (Å²) in [4.78, 5) is 4.55. The molecule has 146 valence electrons. The van der Waals surface area contributed by atoms with Crippen LogP contribution in [0.15, 0.2) is 71.6 Å². The summed E-state index contributed by atoms with van der Waals surface area (Å²) in [5.41, 5.74) is 8.53. The lowest BCUT2D eigenvalue weighted by Gasteiger charge is -2.35. The van der Waals surface area contributed by atoms with Gasteiger partial charge in [0.05, 0.1) is 19.3 Å². The van der Waals surface area contributed by atoms with Crippen LogP contribution in [0.1, 0.15) is 30.6 Å². The maximum absolute atomic E-state index is 6.05. The van der Waals surface area contributed by atoms with Crippen molar-refractivity contribution in [2.45, 2.75) is 26.1 Å². The summed E-state index contributed by atoms with van der Waals surface area (Å²) in [6.07, 6.45) is 3.20. The van der Waals surface area contributed by atoms with Crippen LogP contribution in [0, 0.1) is 0 Å². The van der Waals surface area contributed by atoms with Crippen molar-refractivity contribution in [3.63, 3.8) is 0 Å². The van der Waals surface area contributed by atoms with Gasteiger partial charge in [0.25, 0.3) is 0 Å². The summed E-state index contributed by atoms with van der Waals surface area (Å²) in [7, 11) is 6.06. The molecule has 0 spiro atoms. The van der Waals surface area contributed by atoms with Crippen LogP contribution in [0.4, 0.5) is 11.4 Å². The van der Waals surface area contributed by atoms with Crippen molar-refractivity contribution in [1.29, 1.82) is 0 Å². The van der Waals surface area contributed by atoms with E-state index in [1.807, 2.05) is 0 Å². The highest BCUT2D eigenvalue weighted by Gasteiger charge is 2.27. The van der Waals surface area contributed by atoms with Crippen LogP contribution in [0.3, 0.4) is 0 Å². The zero-order valence-corrected chi connectivity index (χ0v) is 17.1. The monoisotopic (exact) mass is 376 g/mol. The first-order chi connectivity index (χ1) is 13.6. The summed E-state index contributed by atoms with van der Waals surface area (Å²) in [5.74, 6) is 0. The highest BCUT2D eigenvalue weighted by atomic mass is 16.5. The quantitative estimate of drug-likeness (QED) is 0.733. The van der Waals surface area contributed by atoms with E-state index < -0.39 is 0 Å². The van der Waals surface area contributed by atoms with Gasteiger partial charge in [-0.05, 0) is 30.7 Å². The third kappa shape index (κ3) is 3.34. The van der Waals surface area contributed by atoms with Gasteiger partial charge in [0, 0.05) is 61.5 Å². The van der Waals surface area contributed by atoms with E-state index in [4.69, 9.17) is 9.47 Å². The molecule has 0 saturated heterocycles. The Morgan fingerprint density at radius 3 is 2.46 bits per heavy atom. The molecule has 0 radical (unpaired) electrons. The fraction of sp³-hybridized carbons (Fsp3) is 0.333. The van der Waals surface area contributed by atoms with Crippen LogP contribution in [0.25, 0.3) is 0 Å². The predicted octanol–water partition coefficient (Wildman–Crippen LogP) is 5.04. The van der Waals surface area contributed by atoms with Crippen LogP contribution < -0.4 is 9.80 Å². The van der Waals surface area contributed by atoms with Gasteiger partial charge in [0.2, 0.25) is 0 Å². The molecular weight excluding hydrogens is 348 g/mol. The average Bonchev–Trinajstić information content (AvgIpc) is 2.73. The van der Waals surface area contributed by atoms with E-state index in [1.165, 1.54) is 39.5 Å². The molecule has 1 unspecified atom stereocenters. The normalized spacial score (nSPS) is 21.3. The average molecular weight is 377 g/mol. The Labute approximate surface area is 167 Å². The zero-order valence-electron chi connectivity index (χ0n) is 17.1. The first kappa shape index (κ1) is 18.8. The van der Waals surface area contributed by atoms with Crippen molar-refractivity contribution >= 4 is 11.4 Å². The molecule has 0 aromatic heterocycles. The molecule has 0 N–H and O–H groups in total. The number of methoxy groups -OCH3 is 1. The van der Waals surface area contributed by atoms with Gasteiger partial charge in [-0.3, -0.25) is 0 Å². The first-order valence-corrected chi connectivity index (χ1v) is 9.75. The molecule has 2 aliphatic rings. The largest absolute Gasteiger partial charge is 0.376 e. The maximum atomic E-state index is 6.05. The smallest absolute Gasteiger partial charge is 0.0895 e. The molecule has 1 atom stereocenters. The molecule has 4 heteroatoms. The molecule has 2 aliphatic heterocycles. The summed E-state index contributed by atoms with van der Waals surface area (Å²) >= 11 is 0. The fourth-order valence-corrected chi connectivity index (χ4v) is 4.10. The zero-order chi connectivity index (χ0) is 19.7. The third-order valence-corrected chi connectivity index (χ3v) is 5.93. The molecule has 2 aromatic carbocycles. The number of para-hydroxylation sites is 2. The van der Waals surface area contributed by atoms with Crippen LogP contribution in [-0.4, -0.2) is 27.8 Å². The van der Waals surface area contributed by atoms with E-state index >= 15 is 0 Å². The Hall–Kier alpha value is -2.56. The number of allylic oxidation sites excluding steroid dienone is 1. The van der Waals surface area contributed by atoms with Gasteiger partial charge >= 0.3 is 0 Å². The van der Waals surface area contributed by atoms with E-state index in [1.54, 1.807) is 7.11 Å². The van der Waals surface area contributed by atoms with Gasteiger partial charge < -0.3 is 19.3 Å². The van der Waals surface area contributed by atoms with E-state index in [-0.39, 0.29) is 6.10 Å². The second-order valence-corrected chi connectivity index (χ2v) is 7.47. The molecule has 0 bridgehead atoms. The topological polar surface area (TPSA) is 24.9 Å². The number of rotatable bonds is 2. The highest BCUT2D eigenvalue weighted by molar-refractivity contribution is 5.63. The van der Waals surface area contributed by atoms with Crippen molar-refractivity contribution < 1.29 is 9.47 Å². The van der Waals surface area contributed by atoms with Gasteiger partial charge in [-0.2, -0.15) is 0 Å². The van der Waals surface area contributed by atoms with Crippen LogP contribution in [0.2, 0.25) is 0 Å². The third-order valence-electron chi connectivity index (χ3n) is 5.93. The minimum absolute atomic E-state index is 0.0764. The van der Waals surface area contributed by atoms with E-state index in [0.29, 0.717) is 13.2 Å². The Bertz CT molecular complexity index is 932. The van der Waals surface area contributed by atoms with E-state index in [9.17, 15) is 0 Å². The number of anilines is 2. The maximum Gasteiger partial charge on any atom is 0.0895 e. The number of benzene rings is 2. The molecule has 0 aliphatic carbocycles. The summed E-state index contributed by atoms with van der Waals surface area (Å²) < 4.78 is 11.9. The Balaban J connectivity index is 1.73. The molecule has 0 fully saturated rings. The molecule has 0 amide bonds. The van der Waals surface area contributed by atoms with Crippen LogP contribution in [0.5, 0.6) is 0 Å². The van der Waals surface area contributed by atoms with Crippen molar-refractivity contribution in [2.24, 2.45) is 0 Å². The van der Waals surface area contributed by atoms with Gasteiger partial charge in [-0.1, -0.05) is 36.4 Å². The number of ether oxygens (including phenoxy) is 2. The SMILES string of the molecule is COC1C/C(=C\C2=C(C)N(C)c3ccccc3COC2)N(C)c2ccccc21. The van der Waals surface area contributed by atoms with E-state index in [2.05, 4.69) is 85.4 Å². The van der Waals surface area contributed by atoms with Gasteiger partial charge in [0.1, 0.15) is 0 Å². The number of fused-ring (bicyclic) bond motifs is 2. The van der Waals surface area contributed by atoms with Crippen molar-refractivity contribution in [3.8, 4) is 0 Å². The van der Waals surface area contributed by atoms with Crippen LogP contribution >= 0.6 is 0 Å². The lowest BCUT2D eigenvalue weighted by atomic mass is 9.95.